The maximum Gasteiger partial charge on any atom is 0.317 e. The van der Waals surface area contributed by atoms with Crippen LogP contribution in [0.3, 0.4) is 0 Å². The van der Waals surface area contributed by atoms with Crippen LogP contribution in [-0.4, -0.2) is 44.5 Å². The smallest absolute Gasteiger partial charge is 0.317 e. The number of nitrogens with zero attached hydrogens (tertiary/aromatic N) is 3. The Kier molecular flexibility index (Phi) is 5.62. The van der Waals surface area contributed by atoms with Gasteiger partial charge in [-0.3, -0.25) is 0 Å². The molecule has 1 aromatic heterocycles. The largest absolute Gasteiger partial charge is 0.389 e. The summed E-state index contributed by atoms with van der Waals surface area (Å²) in [7, 11) is 0. The van der Waals surface area contributed by atoms with Crippen molar-refractivity contribution in [1.82, 2.24) is 20.0 Å². The second kappa shape index (κ2) is 7.49. The van der Waals surface area contributed by atoms with Crippen LogP contribution in [0.4, 0.5) is 4.79 Å². The van der Waals surface area contributed by atoms with Crippen molar-refractivity contribution < 1.29 is 9.90 Å². The topological polar surface area (TPSA) is 70.4 Å². The molecule has 6 heteroatoms. The molecule has 0 aliphatic rings. The molecule has 1 atom stereocenters. The van der Waals surface area contributed by atoms with Crippen LogP contribution in [0.25, 0.3) is 5.69 Å². The minimum Gasteiger partial charge on any atom is -0.389 e. The van der Waals surface area contributed by atoms with Crippen molar-refractivity contribution in [3.63, 3.8) is 0 Å². The second-order valence-corrected chi connectivity index (χ2v) is 6.54. The Hall–Kier alpha value is -2.34. The maximum atomic E-state index is 12.4. The minimum absolute atomic E-state index is 0.149. The lowest BCUT2D eigenvalue weighted by Gasteiger charge is -2.29. The van der Waals surface area contributed by atoms with Crippen molar-refractivity contribution in [3.05, 3.63) is 48.3 Å². The van der Waals surface area contributed by atoms with Crippen LogP contribution in [-0.2, 0) is 0 Å². The number of carbonyl (C=O) groups is 1. The number of nitrogens with one attached hydrogen (secondary N) is 1. The fraction of sp³-hybridized carbons (Fsp3) is 0.444. The lowest BCUT2D eigenvalue weighted by atomic mass is 10.1. The van der Waals surface area contributed by atoms with Gasteiger partial charge in [-0.2, -0.15) is 5.10 Å². The van der Waals surface area contributed by atoms with Crippen LogP contribution in [0.5, 0.6) is 0 Å². The van der Waals surface area contributed by atoms with Crippen LogP contribution >= 0.6 is 0 Å². The zero-order valence-corrected chi connectivity index (χ0v) is 14.7. The molecule has 130 valence electrons. The van der Waals surface area contributed by atoms with Crippen LogP contribution in [0.15, 0.2) is 42.7 Å². The van der Waals surface area contributed by atoms with Crippen molar-refractivity contribution in [2.75, 3.05) is 13.1 Å². The quantitative estimate of drug-likeness (QED) is 0.855. The van der Waals surface area contributed by atoms with Crippen molar-refractivity contribution in [2.24, 2.45) is 0 Å². The van der Waals surface area contributed by atoms with Gasteiger partial charge in [-0.15, -0.1) is 0 Å². The Bertz CT molecular complexity index is 662. The maximum absolute atomic E-state index is 12.4. The summed E-state index contributed by atoms with van der Waals surface area (Å²) >= 11 is 0. The first-order valence-electron chi connectivity index (χ1n) is 8.18. The summed E-state index contributed by atoms with van der Waals surface area (Å²) in [5.41, 5.74) is 1.02. The number of carbonyl (C=O) groups excluding carboxylic acids is 1. The van der Waals surface area contributed by atoms with E-state index in [9.17, 15) is 9.90 Å². The molecule has 2 rings (SSSR count). The van der Waals surface area contributed by atoms with Gasteiger partial charge in [0.1, 0.15) is 0 Å². The van der Waals surface area contributed by atoms with Gasteiger partial charge >= 0.3 is 6.03 Å². The fourth-order valence-electron chi connectivity index (χ4n) is 2.51. The lowest BCUT2D eigenvalue weighted by Crippen LogP contribution is -2.47. The molecular weight excluding hydrogens is 304 g/mol. The zero-order chi connectivity index (χ0) is 17.7. The van der Waals surface area contributed by atoms with Crippen molar-refractivity contribution in [1.29, 1.82) is 0 Å². The van der Waals surface area contributed by atoms with Gasteiger partial charge in [-0.25, -0.2) is 9.48 Å². The molecule has 0 bridgehead atoms. The lowest BCUT2D eigenvalue weighted by molar-refractivity contribution is 0.0476. The monoisotopic (exact) mass is 330 g/mol. The van der Waals surface area contributed by atoms with Gasteiger partial charge in [-0.1, -0.05) is 12.1 Å². The first-order chi connectivity index (χ1) is 11.3. The Morgan fingerprint density at radius 3 is 2.75 bits per heavy atom. The molecule has 24 heavy (non-hydrogen) atoms. The molecule has 0 aliphatic heterocycles. The molecule has 0 spiro atoms. The van der Waals surface area contributed by atoms with Gasteiger partial charge in [0.2, 0.25) is 0 Å². The van der Waals surface area contributed by atoms with Crippen molar-refractivity contribution in [2.45, 2.75) is 39.3 Å². The van der Waals surface area contributed by atoms with E-state index in [2.05, 4.69) is 10.4 Å². The highest BCUT2D eigenvalue weighted by Gasteiger charge is 2.22. The summed E-state index contributed by atoms with van der Waals surface area (Å²) in [6.45, 7) is 8.05. The molecule has 0 saturated carbocycles. The summed E-state index contributed by atoms with van der Waals surface area (Å²) in [6.07, 6.45) is 3.61. The third kappa shape index (κ3) is 4.83. The number of amides is 2. The standard InChI is InChI=1S/C18H26N4O2/c1-5-21(13-18(3,4)24)17(23)20-14(2)15-8-6-9-16(12-15)22-11-7-10-19-22/h6-12,14,24H,5,13H2,1-4H3,(H,20,23). The van der Waals surface area contributed by atoms with Crippen LogP contribution < -0.4 is 5.32 Å². The van der Waals surface area contributed by atoms with E-state index in [1.165, 1.54) is 0 Å². The van der Waals surface area contributed by atoms with E-state index in [4.69, 9.17) is 0 Å². The summed E-state index contributed by atoms with van der Waals surface area (Å²) < 4.78 is 1.78. The Morgan fingerprint density at radius 2 is 2.17 bits per heavy atom. The highest BCUT2D eigenvalue weighted by molar-refractivity contribution is 5.74. The second-order valence-electron chi connectivity index (χ2n) is 6.54. The number of benzene rings is 1. The van der Waals surface area contributed by atoms with Crippen LogP contribution in [0.2, 0.25) is 0 Å². The van der Waals surface area contributed by atoms with Gasteiger partial charge in [0.25, 0.3) is 0 Å². The van der Waals surface area contributed by atoms with Gasteiger partial charge in [0.15, 0.2) is 0 Å². The molecule has 1 aromatic carbocycles. The first kappa shape index (κ1) is 18.0. The summed E-state index contributed by atoms with van der Waals surface area (Å²) in [6, 6.07) is 9.43. The highest BCUT2D eigenvalue weighted by atomic mass is 16.3. The van der Waals surface area contributed by atoms with Gasteiger partial charge in [0.05, 0.1) is 23.9 Å². The summed E-state index contributed by atoms with van der Waals surface area (Å²) in [5, 5.41) is 17.1. The van der Waals surface area contributed by atoms with Crippen LogP contribution in [0, 0.1) is 0 Å². The Labute approximate surface area is 143 Å². The molecule has 6 nitrogen and oxygen atoms in total. The number of rotatable bonds is 6. The number of hydrogen-bond donors (Lipinski definition) is 2. The van der Waals surface area contributed by atoms with E-state index in [-0.39, 0.29) is 18.6 Å². The minimum atomic E-state index is -0.920. The number of aliphatic hydroxyl groups is 1. The highest BCUT2D eigenvalue weighted by Crippen LogP contribution is 2.17. The predicted molar refractivity (Wildman–Crippen MR) is 94.1 cm³/mol. The molecule has 2 amide bonds. The van der Waals surface area contributed by atoms with Crippen LogP contribution in [0.1, 0.15) is 39.3 Å². The van der Waals surface area contributed by atoms with Gasteiger partial charge in [0, 0.05) is 18.9 Å². The third-order valence-corrected chi connectivity index (χ3v) is 3.73. The van der Waals surface area contributed by atoms with E-state index < -0.39 is 5.60 Å². The SMILES string of the molecule is CCN(CC(C)(C)O)C(=O)NC(C)c1cccc(-n2cccn2)c1. The molecule has 2 aromatic rings. The van der Waals surface area contributed by atoms with E-state index in [1.807, 2.05) is 50.4 Å². The molecular formula is C18H26N4O2. The molecule has 0 radical (unpaired) electrons. The van der Waals surface area contributed by atoms with Crippen molar-refractivity contribution in [3.8, 4) is 5.69 Å². The molecule has 0 saturated heterocycles. The number of urea groups is 1. The number of hydrogen-bond acceptors (Lipinski definition) is 3. The van der Waals surface area contributed by atoms with E-state index in [1.54, 1.807) is 29.6 Å². The van der Waals surface area contributed by atoms with Gasteiger partial charge < -0.3 is 15.3 Å². The Balaban J connectivity index is 2.07. The zero-order valence-electron chi connectivity index (χ0n) is 14.7. The average molecular weight is 330 g/mol. The number of aromatic nitrogens is 2. The van der Waals surface area contributed by atoms with Gasteiger partial charge in [-0.05, 0) is 51.5 Å². The molecule has 2 N–H and O–H groups in total. The Morgan fingerprint density at radius 1 is 1.42 bits per heavy atom. The summed E-state index contributed by atoms with van der Waals surface area (Å²) in [4.78, 5) is 14.0. The third-order valence-electron chi connectivity index (χ3n) is 3.73. The fourth-order valence-corrected chi connectivity index (χ4v) is 2.51. The number of likely N-dealkylation sites (N-methyl/N-ethyl adjacent to an activating group) is 1. The van der Waals surface area contributed by atoms with E-state index in [0.717, 1.165) is 11.3 Å². The normalized spacial score (nSPS) is 12.7. The molecule has 0 aliphatic carbocycles. The van der Waals surface area contributed by atoms with Crippen molar-refractivity contribution >= 4 is 6.03 Å². The summed E-state index contributed by atoms with van der Waals surface area (Å²) in [5.74, 6) is 0. The molecule has 1 heterocycles. The average Bonchev–Trinajstić information content (AvgIpc) is 3.06. The van der Waals surface area contributed by atoms with E-state index in [0.29, 0.717) is 6.54 Å². The molecule has 1 unspecified atom stereocenters. The van der Waals surface area contributed by atoms with E-state index >= 15 is 0 Å². The molecule has 0 fully saturated rings. The first-order valence-corrected chi connectivity index (χ1v) is 8.18. The predicted octanol–water partition coefficient (Wildman–Crippen LogP) is 2.74.